The van der Waals surface area contributed by atoms with Gasteiger partial charge >= 0.3 is 6.18 Å². The van der Waals surface area contributed by atoms with Crippen molar-refractivity contribution in [3.8, 4) is 5.69 Å². The number of halogens is 4. The Morgan fingerprint density at radius 2 is 1.97 bits per heavy atom. The van der Waals surface area contributed by atoms with Crippen LogP contribution in [0.4, 0.5) is 18.9 Å². The molecular formula is C22H15ClF3N5O2S. The number of carbonyl (C=O) groups excluding carboxylic acids is 1. The van der Waals surface area contributed by atoms with E-state index in [2.05, 4.69) is 15.4 Å². The van der Waals surface area contributed by atoms with E-state index in [1.54, 1.807) is 24.3 Å². The molecule has 4 aromatic rings. The molecule has 12 heteroatoms. The molecule has 7 nitrogen and oxygen atoms in total. The van der Waals surface area contributed by atoms with Gasteiger partial charge in [0.25, 0.3) is 5.56 Å². The maximum atomic E-state index is 13.2. The molecule has 0 aliphatic carbocycles. The van der Waals surface area contributed by atoms with Gasteiger partial charge in [-0.2, -0.15) is 18.3 Å². The van der Waals surface area contributed by atoms with Gasteiger partial charge in [-0.15, -0.1) is 0 Å². The molecule has 1 unspecified atom stereocenters. The molecule has 0 fully saturated rings. The van der Waals surface area contributed by atoms with Crippen LogP contribution in [0, 0.1) is 0 Å². The SMILES string of the molecule is O=C(CC1CSc2nc3c(cnn3-c3cccc(Cl)c3)c(=O)n21)Nc1ccc(C(F)(F)F)cc1. The molecule has 0 radical (unpaired) electrons. The van der Waals surface area contributed by atoms with E-state index in [1.807, 2.05) is 0 Å². The first-order chi connectivity index (χ1) is 16.2. The van der Waals surface area contributed by atoms with Crippen LogP contribution in [-0.4, -0.2) is 31.0 Å². The lowest BCUT2D eigenvalue weighted by atomic mass is 10.2. The Labute approximate surface area is 199 Å². The Bertz CT molecular complexity index is 1470. The normalized spacial score (nSPS) is 15.5. The second-order valence-corrected chi connectivity index (χ2v) is 9.06. The summed E-state index contributed by atoms with van der Waals surface area (Å²) >= 11 is 7.42. The maximum Gasteiger partial charge on any atom is 0.416 e. The number of hydrogen-bond acceptors (Lipinski definition) is 5. The molecule has 1 N–H and O–H groups in total. The zero-order valence-electron chi connectivity index (χ0n) is 17.2. The van der Waals surface area contributed by atoms with E-state index >= 15 is 0 Å². The maximum absolute atomic E-state index is 13.2. The summed E-state index contributed by atoms with van der Waals surface area (Å²) in [5.74, 6) is 0.0414. The quantitative estimate of drug-likeness (QED) is 0.398. The summed E-state index contributed by atoms with van der Waals surface area (Å²) in [5.41, 5.74) is 0.181. The van der Waals surface area contributed by atoms with Crippen LogP contribution in [0.25, 0.3) is 16.7 Å². The van der Waals surface area contributed by atoms with Crippen molar-refractivity contribution in [1.82, 2.24) is 19.3 Å². The molecule has 174 valence electrons. The van der Waals surface area contributed by atoms with Crippen LogP contribution in [-0.2, 0) is 11.0 Å². The fourth-order valence-electron chi connectivity index (χ4n) is 3.75. The summed E-state index contributed by atoms with van der Waals surface area (Å²) in [7, 11) is 0. The van der Waals surface area contributed by atoms with Gasteiger partial charge < -0.3 is 5.32 Å². The van der Waals surface area contributed by atoms with E-state index in [1.165, 1.54) is 39.3 Å². The zero-order valence-corrected chi connectivity index (χ0v) is 18.8. The Morgan fingerprint density at radius 1 is 1.21 bits per heavy atom. The minimum atomic E-state index is -4.45. The van der Waals surface area contributed by atoms with Crippen LogP contribution in [0.15, 0.2) is 64.7 Å². The summed E-state index contributed by atoms with van der Waals surface area (Å²) in [4.78, 5) is 30.4. The van der Waals surface area contributed by atoms with Crippen molar-refractivity contribution in [3.63, 3.8) is 0 Å². The lowest BCUT2D eigenvalue weighted by Gasteiger charge is -2.14. The Kier molecular flexibility index (Phi) is 5.61. The predicted octanol–water partition coefficient (Wildman–Crippen LogP) is 4.93. The van der Waals surface area contributed by atoms with Gasteiger partial charge in [-0.05, 0) is 42.5 Å². The van der Waals surface area contributed by atoms with Gasteiger partial charge in [0.05, 0.1) is 23.5 Å². The fourth-order valence-corrected chi connectivity index (χ4v) is 5.06. The molecule has 0 saturated carbocycles. The van der Waals surface area contributed by atoms with Crippen LogP contribution in [0.2, 0.25) is 5.02 Å². The van der Waals surface area contributed by atoms with Crippen molar-refractivity contribution in [2.24, 2.45) is 0 Å². The molecule has 1 aliphatic rings. The van der Waals surface area contributed by atoms with Crippen molar-refractivity contribution >= 4 is 46.0 Å². The lowest BCUT2D eigenvalue weighted by molar-refractivity contribution is -0.137. The third-order valence-corrected chi connectivity index (χ3v) is 6.67. The van der Waals surface area contributed by atoms with Crippen molar-refractivity contribution in [3.05, 3.63) is 75.7 Å². The molecular weight excluding hydrogens is 491 g/mol. The minimum absolute atomic E-state index is 0.0312. The largest absolute Gasteiger partial charge is 0.416 e. The number of amides is 1. The van der Waals surface area contributed by atoms with Gasteiger partial charge in [-0.3, -0.25) is 14.2 Å². The summed E-state index contributed by atoms with van der Waals surface area (Å²) in [6.45, 7) is 0. The van der Waals surface area contributed by atoms with Gasteiger partial charge in [-0.1, -0.05) is 29.4 Å². The first kappa shape index (κ1) is 22.5. The summed E-state index contributed by atoms with van der Waals surface area (Å²) in [5, 5.41) is 8.17. The average Bonchev–Trinajstić information content (AvgIpc) is 3.38. The van der Waals surface area contributed by atoms with Gasteiger partial charge in [0.15, 0.2) is 10.8 Å². The van der Waals surface area contributed by atoms with Gasteiger partial charge in [0.1, 0.15) is 5.39 Å². The fraction of sp³-hybridized carbons (Fsp3) is 0.182. The highest BCUT2D eigenvalue weighted by Gasteiger charge is 2.31. The first-order valence-electron chi connectivity index (χ1n) is 10.1. The number of nitrogens with one attached hydrogen (secondary N) is 1. The van der Waals surface area contributed by atoms with Crippen molar-refractivity contribution in [1.29, 1.82) is 0 Å². The van der Waals surface area contributed by atoms with E-state index in [9.17, 15) is 22.8 Å². The number of nitrogens with zero attached hydrogens (tertiary/aromatic N) is 4. The topological polar surface area (TPSA) is 81.8 Å². The number of carbonyl (C=O) groups is 1. The molecule has 1 aliphatic heterocycles. The van der Waals surface area contributed by atoms with Crippen LogP contribution in [0.5, 0.6) is 0 Å². The summed E-state index contributed by atoms with van der Waals surface area (Å²) in [6, 6.07) is 10.7. The molecule has 34 heavy (non-hydrogen) atoms. The second-order valence-electron chi connectivity index (χ2n) is 7.64. The van der Waals surface area contributed by atoms with Crippen LogP contribution >= 0.6 is 23.4 Å². The number of rotatable bonds is 4. The smallest absolute Gasteiger partial charge is 0.326 e. The lowest BCUT2D eigenvalue weighted by Crippen LogP contribution is -2.27. The molecule has 5 rings (SSSR count). The monoisotopic (exact) mass is 505 g/mol. The van der Waals surface area contributed by atoms with Crippen LogP contribution < -0.4 is 10.9 Å². The highest BCUT2D eigenvalue weighted by atomic mass is 35.5. The number of thioether (sulfide) groups is 1. The number of anilines is 1. The van der Waals surface area contributed by atoms with Gasteiger partial charge in [-0.25, -0.2) is 9.67 Å². The first-order valence-corrected chi connectivity index (χ1v) is 11.4. The molecule has 2 aromatic carbocycles. The van der Waals surface area contributed by atoms with Crippen molar-refractivity contribution < 1.29 is 18.0 Å². The molecule has 0 spiro atoms. The van der Waals surface area contributed by atoms with Gasteiger partial charge in [0, 0.05) is 22.9 Å². The average molecular weight is 506 g/mol. The highest BCUT2D eigenvalue weighted by Crippen LogP contribution is 2.34. The molecule has 3 heterocycles. The molecule has 1 amide bonds. The van der Waals surface area contributed by atoms with Gasteiger partial charge in [0.2, 0.25) is 5.91 Å². The number of aromatic nitrogens is 4. The van der Waals surface area contributed by atoms with E-state index in [4.69, 9.17) is 11.6 Å². The minimum Gasteiger partial charge on any atom is -0.326 e. The predicted molar refractivity (Wildman–Crippen MR) is 123 cm³/mol. The Balaban J connectivity index is 1.38. The zero-order chi connectivity index (χ0) is 24.0. The molecule has 1 atom stereocenters. The van der Waals surface area contributed by atoms with E-state index in [0.29, 0.717) is 32.7 Å². The van der Waals surface area contributed by atoms with Crippen LogP contribution in [0.3, 0.4) is 0 Å². The van der Waals surface area contributed by atoms with E-state index < -0.39 is 23.7 Å². The van der Waals surface area contributed by atoms with Crippen LogP contribution in [0.1, 0.15) is 18.0 Å². The standard InChI is InChI=1S/C22H15ClF3N5O2S/c23-13-2-1-3-15(8-13)31-19-17(10-27-31)20(33)30-16(11-34-21(30)29-19)9-18(32)28-14-6-4-12(5-7-14)22(24,25)26/h1-8,10,16H,9,11H2,(H,28,32). The molecule has 2 aromatic heterocycles. The third kappa shape index (κ3) is 4.16. The number of benzene rings is 2. The van der Waals surface area contributed by atoms with E-state index in [0.717, 1.165) is 12.1 Å². The van der Waals surface area contributed by atoms with Crippen molar-refractivity contribution in [2.75, 3.05) is 11.1 Å². The second kappa shape index (κ2) is 8.48. The summed E-state index contributed by atoms with van der Waals surface area (Å²) in [6.07, 6.45) is -3.05. The Morgan fingerprint density at radius 3 is 2.68 bits per heavy atom. The highest BCUT2D eigenvalue weighted by molar-refractivity contribution is 7.99. The van der Waals surface area contributed by atoms with Crippen molar-refractivity contribution in [2.45, 2.75) is 23.8 Å². The third-order valence-electron chi connectivity index (χ3n) is 5.34. The number of hydrogen-bond donors (Lipinski definition) is 1. The summed E-state index contributed by atoms with van der Waals surface area (Å²) < 4.78 is 41.2. The Hall–Kier alpha value is -3.31. The van der Waals surface area contributed by atoms with E-state index in [-0.39, 0.29) is 17.7 Å². The number of alkyl halides is 3. The molecule has 0 saturated heterocycles. The number of fused-ring (bicyclic) bond motifs is 2. The molecule has 0 bridgehead atoms.